The summed E-state index contributed by atoms with van der Waals surface area (Å²) in [6.45, 7) is 2.36. The average Bonchev–Trinajstić information content (AvgIpc) is 2.74. The number of benzene rings is 1. The summed E-state index contributed by atoms with van der Waals surface area (Å²) in [6, 6.07) is 10.6. The largest absolute Gasteiger partial charge is 0.467 e. The van der Waals surface area contributed by atoms with E-state index in [1.165, 1.54) is 7.11 Å². The molecule has 2 N–H and O–H groups in total. The fraction of sp³-hybridized carbons (Fsp3) is 0.524. The van der Waals surface area contributed by atoms with E-state index < -0.39 is 18.1 Å². The topological polar surface area (TPSA) is 118 Å². The molecule has 0 radical (unpaired) electrons. The van der Waals surface area contributed by atoms with Gasteiger partial charge in [-0.25, -0.2) is 9.59 Å². The molecule has 8 nitrogen and oxygen atoms in total. The van der Waals surface area contributed by atoms with Gasteiger partial charge in [-0.3, -0.25) is 4.79 Å². The van der Waals surface area contributed by atoms with Gasteiger partial charge in [-0.05, 0) is 31.7 Å². The number of carbonyl (C=O) groups excluding carboxylic acids is 3. The van der Waals surface area contributed by atoms with Crippen LogP contribution in [0.3, 0.4) is 0 Å². The number of amides is 2. The van der Waals surface area contributed by atoms with Crippen molar-refractivity contribution in [1.82, 2.24) is 10.6 Å². The van der Waals surface area contributed by atoms with E-state index >= 15 is 0 Å². The van der Waals surface area contributed by atoms with Crippen LogP contribution in [-0.2, 0) is 25.7 Å². The van der Waals surface area contributed by atoms with Gasteiger partial charge in [0.2, 0.25) is 5.91 Å². The first kappa shape index (κ1) is 24.0. The van der Waals surface area contributed by atoms with E-state index in [0.717, 1.165) is 12.0 Å². The highest BCUT2D eigenvalue weighted by Gasteiger charge is 2.23. The summed E-state index contributed by atoms with van der Waals surface area (Å²) in [6.07, 6.45) is 2.06. The number of unbranched alkanes of at least 4 members (excludes halogenated alkanes) is 2. The third-order valence-corrected chi connectivity index (χ3v) is 4.19. The lowest BCUT2D eigenvalue weighted by atomic mass is 10.0. The summed E-state index contributed by atoms with van der Waals surface area (Å²) in [5.41, 5.74) is 0.920. The number of nitrogens with zero attached hydrogens (tertiary/aromatic N) is 1. The molecule has 0 bridgehead atoms. The molecule has 29 heavy (non-hydrogen) atoms. The zero-order valence-electron chi connectivity index (χ0n) is 17.0. The highest BCUT2D eigenvalue weighted by molar-refractivity contribution is 5.84. The van der Waals surface area contributed by atoms with E-state index in [9.17, 15) is 14.4 Å². The monoisotopic (exact) mass is 403 g/mol. The Kier molecular flexibility index (Phi) is 11.6. The number of methoxy groups -OCH3 is 1. The van der Waals surface area contributed by atoms with Crippen molar-refractivity contribution in [2.75, 3.05) is 13.7 Å². The Hall–Kier alpha value is -3.08. The molecule has 2 atom stereocenters. The highest BCUT2D eigenvalue weighted by atomic mass is 16.5. The SMILES string of the molecule is COC(=O)[C@@H](C[C@H](C)C#N)NC(=O)CCCCCNC(=O)OCc1ccccc1. The van der Waals surface area contributed by atoms with Gasteiger partial charge < -0.3 is 20.1 Å². The number of esters is 1. The summed E-state index contributed by atoms with van der Waals surface area (Å²) in [5.74, 6) is -1.19. The highest BCUT2D eigenvalue weighted by Crippen LogP contribution is 2.08. The minimum absolute atomic E-state index is 0.212. The molecule has 0 saturated carbocycles. The third-order valence-electron chi connectivity index (χ3n) is 4.19. The van der Waals surface area contributed by atoms with E-state index in [1.54, 1.807) is 6.92 Å². The normalized spacial score (nSPS) is 12.2. The summed E-state index contributed by atoms with van der Waals surface area (Å²) < 4.78 is 9.78. The Morgan fingerprint density at radius 1 is 1.14 bits per heavy atom. The van der Waals surface area contributed by atoms with Gasteiger partial charge in [-0.2, -0.15) is 5.26 Å². The predicted molar refractivity (Wildman–Crippen MR) is 106 cm³/mol. The van der Waals surface area contributed by atoms with Gasteiger partial charge in [0, 0.05) is 18.9 Å². The number of nitrogens with one attached hydrogen (secondary N) is 2. The van der Waals surface area contributed by atoms with Crippen LogP contribution in [0.1, 0.15) is 44.6 Å². The van der Waals surface area contributed by atoms with E-state index in [0.29, 0.717) is 19.4 Å². The second-order valence-electron chi connectivity index (χ2n) is 6.71. The molecule has 0 spiro atoms. The van der Waals surface area contributed by atoms with Crippen molar-refractivity contribution in [3.8, 4) is 6.07 Å². The van der Waals surface area contributed by atoms with Gasteiger partial charge >= 0.3 is 12.1 Å². The van der Waals surface area contributed by atoms with Crippen molar-refractivity contribution >= 4 is 18.0 Å². The number of hydrogen-bond donors (Lipinski definition) is 2. The Morgan fingerprint density at radius 2 is 1.86 bits per heavy atom. The zero-order valence-corrected chi connectivity index (χ0v) is 17.0. The van der Waals surface area contributed by atoms with Crippen LogP contribution in [0.5, 0.6) is 0 Å². The van der Waals surface area contributed by atoms with E-state index in [4.69, 9.17) is 10.00 Å². The molecule has 1 aromatic carbocycles. The molecule has 0 aliphatic rings. The van der Waals surface area contributed by atoms with Crippen molar-refractivity contribution < 1.29 is 23.9 Å². The van der Waals surface area contributed by atoms with Crippen molar-refractivity contribution in [2.45, 2.75) is 51.7 Å². The lowest BCUT2D eigenvalue weighted by Crippen LogP contribution is -2.42. The number of carbonyl (C=O) groups is 3. The fourth-order valence-electron chi connectivity index (χ4n) is 2.58. The van der Waals surface area contributed by atoms with Crippen molar-refractivity contribution in [2.24, 2.45) is 5.92 Å². The van der Waals surface area contributed by atoms with Crippen molar-refractivity contribution in [3.05, 3.63) is 35.9 Å². The average molecular weight is 403 g/mol. The van der Waals surface area contributed by atoms with Gasteiger partial charge in [-0.1, -0.05) is 36.8 Å². The van der Waals surface area contributed by atoms with Crippen LogP contribution in [0.2, 0.25) is 0 Å². The number of ether oxygens (including phenoxy) is 2. The molecule has 0 saturated heterocycles. The molecule has 0 aromatic heterocycles. The van der Waals surface area contributed by atoms with Crippen LogP contribution in [-0.4, -0.2) is 37.7 Å². The maximum Gasteiger partial charge on any atom is 0.407 e. The summed E-state index contributed by atoms with van der Waals surface area (Å²) in [4.78, 5) is 35.4. The van der Waals surface area contributed by atoms with Crippen LogP contribution in [0.25, 0.3) is 0 Å². The maximum atomic E-state index is 12.0. The molecule has 1 rings (SSSR count). The van der Waals surface area contributed by atoms with Crippen molar-refractivity contribution in [1.29, 1.82) is 5.26 Å². The van der Waals surface area contributed by atoms with E-state index in [2.05, 4.69) is 15.4 Å². The smallest absolute Gasteiger partial charge is 0.407 e. The number of rotatable bonds is 12. The predicted octanol–water partition coefficient (Wildman–Crippen LogP) is 2.68. The molecular weight excluding hydrogens is 374 g/mol. The number of alkyl carbamates (subject to hydrolysis) is 1. The standard InChI is InChI=1S/C21H29N3O5/c1-16(14-22)13-18(20(26)28-2)24-19(25)11-7-4-8-12-23-21(27)29-15-17-9-5-3-6-10-17/h3,5-6,9-10,16,18H,4,7-8,11-13,15H2,1-2H3,(H,23,27)(H,24,25)/t16-,18+/m0/s1. The number of hydrogen-bond acceptors (Lipinski definition) is 6. The van der Waals surface area contributed by atoms with Gasteiger partial charge in [0.05, 0.1) is 13.2 Å². The molecule has 0 unspecified atom stereocenters. The summed E-state index contributed by atoms with van der Waals surface area (Å²) in [7, 11) is 1.25. The van der Waals surface area contributed by atoms with Gasteiger partial charge in [0.15, 0.2) is 0 Å². The molecule has 0 aliphatic carbocycles. The minimum Gasteiger partial charge on any atom is -0.467 e. The molecule has 0 fully saturated rings. The van der Waals surface area contributed by atoms with Gasteiger partial charge in [0.25, 0.3) is 0 Å². The van der Waals surface area contributed by atoms with Crippen molar-refractivity contribution in [3.63, 3.8) is 0 Å². The van der Waals surface area contributed by atoms with Crippen LogP contribution in [0, 0.1) is 17.2 Å². The summed E-state index contributed by atoms with van der Waals surface area (Å²) >= 11 is 0. The molecule has 8 heteroatoms. The number of nitriles is 1. The van der Waals surface area contributed by atoms with E-state index in [1.807, 2.05) is 36.4 Å². The Labute approximate surface area is 171 Å². The molecule has 0 heterocycles. The minimum atomic E-state index is -0.816. The molecule has 2 amide bonds. The molecular formula is C21H29N3O5. The van der Waals surface area contributed by atoms with Crippen LogP contribution in [0.4, 0.5) is 4.79 Å². The van der Waals surface area contributed by atoms with Gasteiger partial charge in [0.1, 0.15) is 12.6 Å². The second kappa shape index (κ2) is 14.0. The van der Waals surface area contributed by atoms with Gasteiger partial charge in [-0.15, -0.1) is 0 Å². The fourth-order valence-corrected chi connectivity index (χ4v) is 2.58. The Balaban J connectivity index is 2.15. The van der Waals surface area contributed by atoms with Crippen LogP contribution in [0.15, 0.2) is 30.3 Å². The lowest BCUT2D eigenvalue weighted by Gasteiger charge is -2.17. The van der Waals surface area contributed by atoms with E-state index in [-0.39, 0.29) is 31.3 Å². The molecule has 158 valence electrons. The quantitative estimate of drug-likeness (QED) is 0.409. The van der Waals surface area contributed by atoms with Crippen LogP contribution < -0.4 is 10.6 Å². The maximum absolute atomic E-state index is 12.0. The Bertz CT molecular complexity index is 687. The third kappa shape index (κ3) is 10.7. The second-order valence-corrected chi connectivity index (χ2v) is 6.71. The first-order valence-electron chi connectivity index (χ1n) is 9.67. The zero-order chi connectivity index (χ0) is 21.5. The Morgan fingerprint density at radius 3 is 2.52 bits per heavy atom. The first-order chi connectivity index (χ1) is 14.0. The first-order valence-corrected chi connectivity index (χ1v) is 9.67. The van der Waals surface area contributed by atoms with Crippen LogP contribution >= 0.6 is 0 Å². The lowest BCUT2D eigenvalue weighted by molar-refractivity contribution is -0.145. The molecule has 1 aromatic rings. The molecule has 0 aliphatic heterocycles. The summed E-state index contributed by atoms with van der Waals surface area (Å²) in [5, 5.41) is 14.2.